The highest BCUT2D eigenvalue weighted by molar-refractivity contribution is 6.52. The third-order valence-electron chi connectivity index (χ3n) is 3.16. The Hall–Kier alpha value is -1.61. The number of carbonyl (C=O) groups is 2. The zero-order valence-corrected chi connectivity index (χ0v) is 11.6. The topological polar surface area (TPSA) is 54.4 Å². The molecule has 0 heterocycles. The summed E-state index contributed by atoms with van der Waals surface area (Å²) in [4.78, 5) is 23.5. The molecular weight excluding hydrogens is 264 g/mol. The number of aliphatic hydroxyl groups excluding tert-OH is 1. The molecule has 0 saturated carbocycles. The van der Waals surface area contributed by atoms with E-state index in [0.29, 0.717) is 18.4 Å². The van der Waals surface area contributed by atoms with Gasteiger partial charge in [0, 0.05) is 21.6 Å². The van der Waals surface area contributed by atoms with Crippen molar-refractivity contribution in [1.29, 1.82) is 0 Å². The first-order valence-electron chi connectivity index (χ1n) is 6.11. The van der Waals surface area contributed by atoms with E-state index in [2.05, 4.69) is 0 Å². The summed E-state index contributed by atoms with van der Waals surface area (Å²) >= 11 is 6.08. The molecule has 0 aromatic heterocycles. The van der Waals surface area contributed by atoms with Gasteiger partial charge in [-0.25, -0.2) is 0 Å². The number of aliphatic hydroxyl groups is 1. The van der Waals surface area contributed by atoms with Gasteiger partial charge >= 0.3 is 0 Å². The van der Waals surface area contributed by atoms with Gasteiger partial charge in [0.1, 0.15) is 5.76 Å². The molecule has 1 N–H and O–H groups in total. The van der Waals surface area contributed by atoms with Crippen LogP contribution in [0.15, 0.2) is 29.8 Å². The Balaban J connectivity index is 2.42. The zero-order valence-electron chi connectivity index (χ0n) is 10.9. The van der Waals surface area contributed by atoms with Crippen molar-refractivity contribution in [1.82, 2.24) is 0 Å². The lowest BCUT2D eigenvalue weighted by atomic mass is 9.85. The summed E-state index contributed by atoms with van der Waals surface area (Å²) < 4.78 is 0. The minimum atomic E-state index is -0.628. The number of hydrogen-bond acceptors (Lipinski definition) is 3. The number of allylic oxidation sites excluding steroid dienone is 1. The molecule has 0 unspecified atom stereocenters. The van der Waals surface area contributed by atoms with E-state index in [1.165, 1.54) is 0 Å². The summed E-state index contributed by atoms with van der Waals surface area (Å²) in [5, 5.41) is 10.2. The molecule has 0 radical (unpaired) electrons. The highest BCUT2D eigenvalue weighted by atomic mass is 35.5. The molecule has 0 bridgehead atoms. The third kappa shape index (κ3) is 2.71. The summed E-state index contributed by atoms with van der Waals surface area (Å²) in [5.41, 5.74) is 0.853. The molecule has 2 rings (SSSR count). The Morgan fingerprint density at radius 3 is 2.26 bits per heavy atom. The van der Waals surface area contributed by atoms with Crippen molar-refractivity contribution in [2.75, 3.05) is 0 Å². The molecule has 100 valence electrons. The van der Waals surface area contributed by atoms with E-state index in [9.17, 15) is 14.7 Å². The summed E-state index contributed by atoms with van der Waals surface area (Å²) in [7, 11) is 0. The monoisotopic (exact) mass is 278 g/mol. The van der Waals surface area contributed by atoms with Crippen molar-refractivity contribution in [3.05, 3.63) is 41.0 Å². The smallest absolute Gasteiger partial charge is 0.234 e. The second-order valence-corrected chi connectivity index (χ2v) is 6.27. The van der Waals surface area contributed by atoms with Gasteiger partial charge in [0.2, 0.25) is 11.6 Å². The number of hydrogen-bond donors (Lipinski definition) is 1. The average Bonchev–Trinajstić information content (AvgIpc) is 2.35. The van der Waals surface area contributed by atoms with Crippen LogP contribution in [0.4, 0.5) is 0 Å². The molecule has 3 nitrogen and oxygen atoms in total. The first-order valence-corrected chi connectivity index (χ1v) is 6.48. The predicted molar refractivity (Wildman–Crippen MR) is 74.5 cm³/mol. The highest BCUT2D eigenvalue weighted by Crippen LogP contribution is 2.32. The number of Topliss-reactive ketones (excluding diaryl/α,β-unsaturated/α-hetero) is 2. The van der Waals surface area contributed by atoms with Gasteiger partial charge in [-0.3, -0.25) is 9.59 Å². The molecule has 1 aromatic rings. The first kappa shape index (κ1) is 13.8. The quantitative estimate of drug-likeness (QED) is 0.680. The van der Waals surface area contributed by atoms with E-state index in [-0.39, 0.29) is 16.9 Å². The molecule has 0 saturated heterocycles. The molecule has 1 aromatic carbocycles. The Bertz CT molecular complexity index is 579. The van der Waals surface area contributed by atoms with E-state index in [4.69, 9.17) is 11.6 Å². The normalized spacial score (nSPS) is 15.7. The zero-order chi connectivity index (χ0) is 14.2. The van der Waals surface area contributed by atoms with Gasteiger partial charge in [0.15, 0.2) is 0 Å². The largest absolute Gasteiger partial charge is 0.507 e. The van der Waals surface area contributed by atoms with E-state index >= 15 is 0 Å². The number of alkyl halides is 1. The fourth-order valence-corrected chi connectivity index (χ4v) is 2.17. The molecule has 0 atom stereocenters. The maximum absolute atomic E-state index is 12.0. The van der Waals surface area contributed by atoms with Crippen molar-refractivity contribution in [3.63, 3.8) is 0 Å². The summed E-state index contributed by atoms with van der Waals surface area (Å²) in [6.45, 7) is 3.66. The third-order valence-corrected chi connectivity index (χ3v) is 3.35. The van der Waals surface area contributed by atoms with Crippen molar-refractivity contribution < 1.29 is 14.7 Å². The van der Waals surface area contributed by atoms with Gasteiger partial charge in [-0.05, 0) is 26.7 Å². The minimum Gasteiger partial charge on any atom is -0.507 e. The second kappa shape index (κ2) is 4.82. The maximum Gasteiger partial charge on any atom is 0.234 e. The van der Waals surface area contributed by atoms with Crippen LogP contribution in [0.25, 0.3) is 5.76 Å². The SMILES string of the molecule is CC(C)(Cl)CCC1=C(O)c2ccccc2C(=O)C1=O. The van der Waals surface area contributed by atoms with Gasteiger partial charge < -0.3 is 5.11 Å². The van der Waals surface area contributed by atoms with Crippen molar-refractivity contribution >= 4 is 28.9 Å². The van der Waals surface area contributed by atoms with Crippen LogP contribution < -0.4 is 0 Å². The predicted octanol–water partition coefficient (Wildman–Crippen LogP) is 3.52. The van der Waals surface area contributed by atoms with E-state index in [1.54, 1.807) is 24.3 Å². The molecule has 0 fully saturated rings. The number of benzene rings is 1. The molecule has 19 heavy (non-hydrogen) atoms. The van der Waals surface area contributed by atoms with Crippen LogP contribution in [0.1, 0.15) is 42.6 Å². The fourth-order valence-electron chi connectivity index (χ4n) is 2.07. The first-order chi connectivity index (χ1) is 8.81. The van der Waals surface area contributed by atoms with E-state index < -0.39 is 16.4 Å². The van der Waals surface area contributed by atoms with Crippen LogP contribution in [0.2, 0.25) is 0 Å². The standard InChI is InChI=1S/C15H15ClO3/c1-15(2,16)8-7-11-12(17)9-5-3-4-6-10(9)13(18)14(11)19/h3-6,17H,7-8H2,1-2H3. The molecule has 0 amide bonds. The molecule has 0 aliphatic heterocycles. The van der Waals surface area contributed by atoms with Crippen LogP contribution in [0.3, 0.4) is 0 Å². The lowest BCUT2D eigenvalue weighted by Gasteiger charge is -2.20. The Morgan fingerprint density at radius 2 is 1.68 bits per heavy atom. The summed E-state index contributed by atoms with van der Waals surface area (Å²) in [6, 6.07) is 6.58. The summed E-state index contributed by atoms with van der Waals surface area (Å²) in [6.07, 6.45) is 0.802. The van der Waals surface area contributed by atoms with E-state index in [0.717, 1.165) is 0 Å². The number of carbonyl (C=O) groups excluding carboxylic acids is 2. The average molecular weight is 279 g/mol. The number of fused-ring (bicyclic) bond motifs is 1. The number of halogens is 1. The van der Waals surface area contributed by atoms with Gasteiger partial charge in [0.25, 0.3) is 0 Å². The van der Waals surface area contributed by atoms with Gasteiger partial charge in [0.05, 0.1) is 0 Å². The fraction of sp³-hybridized carbons (Fsp3) is 0.333. The van der Waals surface area contributed by atoms with Gasteiger partial charge in [-0.1, -0.05) is 24.3 Å². The van der Waals surface area contributed by atoms with Gasteiger partial charge in [-0.15, -0.1) is 11.6 Å². The van der Waals surface area contributed by atoms with Gasteiger partial charge in [-0.2, -0.15) is 0 Å². The van der Waals surface area contributed by atoms with Crippen LogP contribution in [-0.2, 0) is 4.79 Å². The Morgan fingerprint density at radius 1 is 1.11 bits per heavy atom. The highest BCUT2D eigenvalue weighted by Gasteiger charge is 2.32. The van der Waals surface area contributed by atoms with Crippen LogP contribution >= 0.6 is 11.6 Å². The van der Waals surface area contributed by atoms with Crippen molar-refractivity contribution in [2.24, 2.45) is 0 Å². The molecular formula is C15H15ClO3. The van der Waals surface area contributed by atoms with Crippen LogP contribution in [0.5, 0.6) is 0 Å². The lowest BCUT2D eigenvalue weighted by Crippen LogP contribution is -2.25. The molecule has 4 heteroatoms. The van der Waals surface area contributed by atoms with Crippen LogP contribution in [0, 0.1) is 0 Å². The Labute approximate surface area is 116 Å². The van der Waals surface area contributed by atoms with Crippen LogP contribution in [-0.4, -0.2) is 21.5 Å². The Kier molecular flexibility index (Phi) is 3.50. The maximum atomic E-state index is 12.0. The lowest BCUT2D eigenvalue weighted by molar-refractivity contribution is -0.112. The van der Waals surface area contributed by atoms with Crippen molar-refractivity contribution in [2.45, 2.75) is 31.6 Å². The second-order valence-electron chi connectivity index (χ2n) is 5.25. The number of rotatable bonds is 3. The molecule has 1 aliphatic rings. The van der Waals surface area contributed by atoms with E-state index in [1.807, 2.05) is 13.8 Å². The minimum absolute atomic E-state index is 0.0962. The number of ketones is 2. The molecule has 0 spiro atoms. The van der Waals surface area contributed by atoms with Crippen molar-refractivity contribution in [3.8, 4) is 0 Å². The summed E-state index contributed by atoms with van der Waals surface area (Å²) in [5.74, 6) is -1.28. The molecule has 1 aliphatic carbocycles.